The minimum absolute atomic E-state index is 0.355. The molecule has 130 valence electrons. The first-order valence-electron chi connectivity index (χ1n) is 8.00. The van der Waals surface area contributed by atoms with Crippen molar-refractivity contribution in [3.8, 4) is 11.5 Å². The fraction of sp³-hybridized carbons (Fsp3) is 0.333. The van der Waals surface area contributed by atoms with Crippen molar-refractivity contribution in [2.24, 2.45) is 0 Å². The molecule has 2 heterocycles. The molecule has 2 aliphatic heterocycles. The Kier molecular flexibility index (Phi) is 3.63. The number of benzene rings is 2. The second-order valence-corrected chi connectivity index (χ2v) is 6.27. The lowest BCUT2D eigenvalue weighted by atomic mass is 9.80. The lowest BCUT2D eigenvalue weighted by Gasteiger charge is -2.37. The number of nitrogens with zero attached hydrogens (tertiary/aromatic N) is 2. The second-order valence-electron chi connectivity index (χ2n) is 6.27. The normalized spacial score (nSPS) is 27.9. The van der Waals surface area contributed by atoms with Gasteiger partial charge in [-0.05, 0) is 18.2 Å². The Hall–Kier alpha value is -2.64. The van der Waals surface area contributed by atoms with Crippen molar-refractivity contribution < 1.29 is 19.2 Å². The van der Waals surface area contributed by atoms with Crippen LogP contribution in [0.3, 0.4) is 0 Å². The van der Waals surface area contributed by atoms with Crippen LogP contribution in [-0.4, -0.2) is 36.4 Å². The summed E-state index contributed by atoms with van der Waals surface area (Å²) >= 11 is 0. The van der Waals surface area contributed by atoms with Crippen molar-refractivity contribution in [2.75, 3.05) is 20.7 Å². The van der Waals surface area contributed by atoms with Gasteiger partial charge in [-0.2, -0.15) is 5.06 Å². The summed E-state index contributed by atoms with van der Waals surface area (Å²) < 4.78 is 11.3. The number of rotatable bonds is 3. The van der Waals surface area contributed by atoms with Crippen LogP contribution in [0.4, 0.5) is 0 Å². The summed E-state index contributed by atoms with van der Waals surface area (Å²) in [5.74, 6) is 0.908. The first-order chi connectivity index (χ1) is 12.1. The van der Waals surface area contributed by atoms with Crippen LogP contribution in [0.15, 0.2) is 48.5 Å². The van der Waals surface area contributed by atoms with Crippen molar-refractivity contribution in [1.29, 1.82) is 0 Å². The summed E-state index contributed by atoms with van der Waals surface area (Å²) in [5, 5.41) is 13.7. The van der Waals surface area contributed by atoms with Crippen molar-refractivity contribution in [2.45, 2.75) is 17.7 Å². The molecule has 1 fully saturated rings. The van der Waals surface area contributed by atoms with E-state index >= 15 is 0 Å². The lowest BCUT2D eigenvalue weighted by Crippen LogP contribution is -2.53. The highest BCUT2D eigenvalue weighted by atomic mass is 16.8. The van der Waals surface area contributed by atoms with E-state index in [2.05, 4.69) is 0 Å². The largest absolute Gasteiger partial charge is 0.497 e. The fourth-order valence-corrected chi connectivity index (χ4v) is 3.72. The number of methoxy groups -OCH3 is 1. The highest BCUT2D eigenvalue weighted by Crippen LogP contribution is 2.54. The van der Waals surface area contributed by atoms with Gasteiger partial charge in [0.05, 0.1) is 12.0 Å². The van der Waals surface area contributed by atoms with E-state index in [4.69, 9.17) is 14.3 Å². The van der Waals surface area contributed by atoms with Gasteiger partial charge >= 0.3 is 5.72 Å². The molecule has 0 radical (unpaired) electrons. The zero-order chi connectivity index (χ0) is 17.6. The van der Waals surface area contributed by atoms with Crippen molar-refractivity contribution in [3.63, 3.8) is 0 Å². The van der Waals surface area contributed by atoms with Gasteiger partial charge < -0.3 is 9.47 Å². The molecule has 0 aliphatic carbocycles. The van der Waals surface area contributed by atoms with Crippen LogP contribution in [0.25, 0.3) is 0 Å². The van der Waals surface area contributed by atoms with E-state index < -0.39 is 17.7 Å². The van der Waals surface area contributed by atoms with E-state index in [0.29, 0.717) is 23.6 Å². The Morgan fingerprint density at radius 2 is 1.96 bits per heavy atom. The number of ether oxygens (including phenoxy) is 2. The molecule has 0 bridgehead atoms. The number of likely N-dealkylation sites (N-methyl/N-ethyl adjacent to an activating group) is 1. The van der Waals surface area contributed by atoms with E-state index in [1.807, 2.05) is 24.3 Å². The highest BCUT2D eigenvalue weighted by Gasteiger charge is 2.68. The van der Waals surface area contributed by atoms with Gasteiger partial charge in [0.1, 0.15) is 17.4 Å². The minimum atomic E-state index is -1.70. The zero-order valence-electron chi connectivity index (χ0n) is 13.9. The monoisotopic (exact) mass is 342 g/mol. The molecular formula is C18H18N2O5. The summed E-state index contributed by atoms with van der Waals surface area (Å²) in [6, 6.07) is 14.5. The van der Waals surface area contributed by atoms with Gasteiger partial charge in [0.15, 0.2) is 0 Å². The highest BCUT2D eigenvalue weighted by molar-refractivity contribution is 5.43. The first-order valence-corrected chi connectivity index (χ1v) is 8.00. The van der Waals surface area contributed by atoms with Gasteiger partial charge in [-0.25, -0.2) is 4.84 Å². The Morgan fingerprint density at radius 3 is 2.64 bits per heavy atom. The quantitative estimate of drug-likeness (QED) is 0.631. The average molecular weight is 342 g/mol. The van der Waals surface area contributed by atoms with Crippen LogP contribution in [0.5, 0.6) is 11.5 Å². The minimum Gasteiger partial charge on any atom is -0.497 e. The number of hydrogen-bond donors (Lipinski definition) is 0. The number of nitro groups is 1. The molecule has 0 N–H and O–H groups in total. The van der Waals surface area contributed by atoms with Crippen molar-refractivity contribution in [3.05, 3.63) is 69.8 Å². The molecule has 0 amide bonds. The number of para-hydroxylation sites is 1. The zero-order valence-corrected chi connectivity index (χ0v) is 13.9. The van der Waals surface area contributed by atoms with Gasteiger partial charge in [0, 0.05) is 24.7 Å². The van der Waals surface area contributed by atoms with Gasteiger partial charge in [0.2, 0.25) is 6.10 Å². The van der Waals surface area contributed by atoms with Crippen LogP contribution in [0.1, 0.15) is 23.1 Å². The third-order valence-corrected chi connectivity index (χ3v) is 4.86. The Morgan fingerprint density at radius 1 is 1.24 bits per heavy atom. The maximum atomic E-state index is 12.2. The molecule has 25 heavy (non-hydrogen) atoms. The molecule has 3 atom stereocenters. The smallest absolute Gasteiger partial charge is 0.389 e. The van der Waals surface area contributed by atoms with E-state index in [-0.39, 0.29) is 4.92 Å². The molecule has 4 rings (SSSR count). The average Bonchev–Trinajstić information content (AvgIpc) is 3.00. The molecule has 0 spiro atoms. The first kappa shape index (κ1) is 15.9. The molecule has 1 saturated heterocycles. The van der Waals surface area contributed by atoms with Gasteiger partial charge in [-0.3, -0.25) is 10.1 Å². The Labute approximate surface area is 144 Å². The third-order valence-electron chi connectivity index (χ3n) is 4.86. The van der Waals surface area contributed by atoms with E-state index in [0.717, 1.165) is 5.56 Å². The number of hydrogen-bond acceptors (Lipinski definition) is 6. The number of fused-ring (bicyclic) bond motifs is 3. The molecule has 0 saturated carbocycles. The van der Waals surface area contributed by atoms with Crippen LogP contribution in [-0.2, 0) is 4.84 Å². The van der Waals surface area contributed by atoms with Crippen molar-refractivity contribution in [1.82, 2.24) is 5.06 Å². The molecule has 0 unspecified atom stereocenters. The van der Waals surface area contributed by atoms with Gasteiger partial charge in [-0.15, -0.1) is 0 Å². The van der Waals surface area contributed by atoms with Gasteiger partial charge in [0.25, 0.3) is 0 Å². The topological polar surface area (TPSA) is 74.1 Å². The molecule has 2 aliphatic rings. The third kappa shape index (κ3) is 2.27. The Balaban J connectivity index is 1.88. The summed E-state index contributed by atoms with van der Waals surface area (Å²) in [5.41, 5.74) is -0.224. The number of hydroxylamine groups is 2. The van der Waals surface area contributed by atoms with Crippen LogP contribution in [0.2, 0.25) is 0 Å². The molecule has 7 nitrogen and oxygen atoms in total. The van der Waals surface area contributed by atoms with Crippen LogP contribution < -0.4 is 9.47 Å². The predicted molar refractivity (Wildman–Crippen MR) is 89.0 cm³/mol. The summed E-state index contributed by atoms with van der Waals surface area (Å²) in [6.07, 6.45) is -0.863. The molecule has 0 aromatic heterocycles. The maximum absolute atomic E-state index is 12.2. The molecular weight excluding hydrogens is 324 g/mol. The molecule has 2 aromatic rings. The second kappa shape index (κ2) is 5.72. The maximum Gasteiger partial charge on any atom is 0.389 e. The molecule has 2 aromatic carbocycles. The van der Waals surface area contributed by atoms with Crippen molar-refractivity contribution >= 4 is 0 Å². The summed E-state index contributed by atoms with van der Waals surface area (Å²) in [7, 11) is 3.28. The summed E-state index contributed by atoms with van der Waals surface area (Å²) in [6.45, 7) is 0.425. The van der Waals surface area contributed by atoms with E-state index in [9.17, 15) is 10.1 Å². The summed E-state index contributed by atoms with van der Waals surface area (Å²) in [4.78, 5) is 17.6. The van der Waals surface area contributed by atoms with E-state index in [1.165, 1.54) is 5.06 Å². The van der Waals surface area contributed by atoms with Crippen LogP contribution in [0, 0.1) is 10.1 Å². The SMILES string of the molecule is COc1ccc([C@@H]2Oc3ccccc3[C@@H]3CN(C)O[C@]32[N+](=O)[O-])cc1. The fourth-order valence-electron chi connectivity index (χ4n) is 3.72. The predicted octanol–water partition coefficient (Wildman–Crippen LogP) is 2.76. The van der Waals surface area contributed by atoms with E-state index in [1.54, 1.807) is 38.4 Å². The van der Waals surface area contributed by atoms with Gasteiger partial charge in [-0.1, -0.05) is 30.3 Å². The Bertz CT molecular complexity index is 809. The van der Waals surface area contributed by atoms with Crippen LogP contribution >= 0.6 is 0 Å². The standard InChI is InChI=1S/C18H18N2O5/c1-19-11-15-14-5-3-4-6-16(14)24-17(18(15,25-19)20(21)22)12-7-9-13(23-2)10-8-12/h3-10,15,17H,11H2,1-2H3/t15-,17-,18+/m0/s1. The lowest BCUT2D eigenvalue weighted by molar-refractivity contribution is -0.655. The molecule has 7 heteroatoms.